The fourth-order valence-electron chi connectivity index (χ4n) is 2.78. The van der Waals surface area contributed by atoms with Crippen LogP contribution in [0.5, 0.6) is 0 Å². The summed E-state index contributed by atoms with van der Waals surface area (Å²) in [4.78, 5) is 11.9. The minimum absolute atomic E-state index is 0.150. The molecule has 1 aromatic rings. The van der Waals surface area contributed by atoms with E-state index < -0.39 is 0 Å². The molecule has 1 rings (SSSR count). The lowest BCUT2D eigenvalue weighted by molar-refractivity contribution is -0.116. The Kier molecular flexibility index (Phi) is 11.3. The van der Waals surface area contributed by atoms with Gasteiger partial charge in [-0.2, -0.15) is 0 Å². The largest absolute Gasteiger partial charge is 0.326 e. The summed E-state index contributed by atoms with van der Waals surface area (Å²) >= 11 is 0. The molecule has 0 unspecified atom stereocenters. The molecule has 0 saturated carbocycles. The number of carbonyl (C=O) groups is 1. The van der Waals surface area contributed by atoms with Gasteiger partial charge >= 0.3 is 0 Å². The van der Waals surface area contributed by atoms with Crippen LogP contribution >= 0.6 is 0 Å². The van der Waals surface area contributed by atoms with E-state index in [-0.39, 0.29) is 5.91 Å². The number of rotatable bonds is 13. The lowest BCUT2D eigenvalue weighted by Gasteiger charge is -2.07. The van der Waals surface area contributed by atoms with Gasteiger partial charge in [-0.05, 0) is 37.0 Å². The van der Waals surface area contributed by atoms with E-state index in [1.165, 1.54) is 63.4 Å². The summed E-state index contributed by atoms with van der Waals surface area (Å²) in [5.74, 6) is 0.150. The highest BCUT2D eigenvalue weighted by Gasteiger charge is 2.02. The standard InChI is InChI=1S/C21H35NO/c1-3-5-7-8-9-10-11-12-14-21(23)22-20-17-15-19(16-18-20)13-6-4-2/h15-18H,3-14H2,1-2H3,(H,22,23). The highest BCUT2D eigenvalue weighted by molar-refractivity contribution is 5.90. The summed E-state index contributed by atoms with van der Waals surface area (Å²) in [6.45, 7) is 4.46. The lowest BCUT2D eigenvalue weighted by Crippen LogP contribution is -2.11. The van der Waals surface area contributed by atoms with E-state index in [9.17, 15) is 4.79 Å². The molecule has 0 aliphatic heterocycles. The van der Waals surface area contributed by atoms with Crippen molar-refractivity contribution in [1.82, 2.24) is 0 Å². The molecule has 1 N–H and O–H groups in total. The van der Waals surface area contributed by atoms with E-state index in [1.807, 2.05) is 12.1 Å². The fourth-order valence-corrected chi connectivity index (χ4v) is 2.78. The molecule has 130 valence electrons. The summed E-state index contributed by atoms with van der Waals surface area (Å²) in [5, 5.41) is 3.01. The maximum absolute atomic E-state index is 11.9. The van der Waals surface area contributed by atoms with Gasteiger partial charge in [-0.3, -0.25) is 4.79 Å². The predicted octanol–water partition coefficient (Wildman–Crippen LogP) is 6.50. The van der Waals surface area contributed by atoms with Crippen LogP contribution in [-0.2, 0) is 11.2 Å². The minimum atomic E-state index is 0.150. The van der Waals surface area contributed by atoms with Gasteiger partial charge in [0, 0.05) is 12.1 Å². The van der Waals surface area contributed by atoms with Crippen LogP contribution in [-0.4, -0.2) is 5.91 Å². The van der Waals surface area contributed by atoms with Gasteiger partial charge in [0.1, 0.15) is 0 Å². The second-order valence-electron chi connectivity index (χ2n) is 6.57. The molecule has 0 aromatic heterocycles. The van der Waals surface area contributed by atoms with Crippen molar-refractivity contribution in [3.05, 3.63) is 29.8 Å². The van der Waals surface area contributed by atoms with Gasteiger partial charge in [0.2, 0.25) is 5.91 Å². The van der Waals surface area contributed by atoms with Crippen LogP contribution in [0.15, 0.2) is 24.3 Å². The Hall–Kier alpha value is -1.31. The Balaban J connectivity index is 2.09. The van der Waals surface area contributed by atoms with Crippen molar-refractivity contribution in [1.29, 1.82) is 0 Å². The third-order valence-corrected chi connectivity index (χ3v) is 4.31. The zero-order chi connectivity index (χ0) is 16.8. The van der Waals surface area contributed by atoms with Crippen molar-refractivity contribution in [2.24, 2.45) is 0 Å². The first kappa shape index (κ1) is 19.7. The van der Waals surface area contributed by atoms with Crippen molar-refractivity contribution >= 4 is 11.6 Å². The maximum atomic E-state index is 11.9. The molecule has 2 nitrogen and oxygen atoms in total. The molecule has 0 heterocycles. The highest BCUT2D eigenvalue weighted by atomic mass is 16.1. The molecule has 0 bridgehead atoms. The lowest BCUT2D eigenvalue weighted by atomic mass is 10.1. The van der Waals surface area contributed by atoms with Crippen LogP contribution in [0.25, 0.3) is 0 Å². The summed E-state index contributed by atoms with van der Waals surface area (Å²) < 4.78 is 0. The Morgan fingerprint density at radius 2 is 1.35 bits per heavy atom. The van der Waals surface area contributed by atoms with Gasteiger partial charge in [0.15, 0.2) is 0 Å². The number of aryl methyl sites for hydroxylation is 1. The Morgan fingerprint density at radius 3 is 1.96 bits per heavy atom. The second kappa shape index (κ2) is 13.2. The first-order chi connectivity index (χ1) is 11.3. The Morgan fingerprint density at radius 1 is 0.783 bits per heavy atom. The van der Waals surface area contributed by atoms with Crippen LogP contribution in [0.4, 0.5) is 5.69 Å². The molecule has 1 amide bonds. The van der Waals surface area contributed by atoms with E-state index in [0.29, 0.717) is 6.42 Å². The highest BCUT2D eigenvalue weighted by Crippen LogP contribution is 2.13. The number of hydrogen-bond acceptors (Lipinski definition) is 1. The molecule has 1 aromatic carbocycles. The molecule has 0 saturated heterocycles. The summed E-state index contributed by atoms with van der Waals surface area (Å²) in [6, 6.07) is 8.30. The fraction of sp³-hybridized carbons (Fsp3) is 0.667. The number of hydrogen-bond donors (Lipinski definition) is 1. The summed E-state index contributed by atoms with van der Waals surface area (Å²) in [6.07, 6.45) is 14.4. The van der Waals surface area contributed by atoms with Crippen LogP contribution in [0.3, 0.4) is 0 Å². The van der Waals surface area contributed by atoms with Crippen LogP contribution in [0, 0.1) is 0 Å². The monoisotopic (exact) mass is 317 g/mol. The third-order valence-electron chi connectivity index (χ3n) is 4.31. The van der Waals surface area contributed by atoms with Crippen molar-refractivity contribution in [3.8, 4) is 0 Å². The van der Waals surface area contributed by atoms with E-state index in [1.54, 1.807) is 0 Å². The van der Waals surface area contributed by atoms with E-state index in [4.69, 9.17) is 0 Å². The third kappa shape index (κ3) is 10.1. The Bertz CT molecular complexity index is 410. The topological polar surface area (TPSA) is 29.1 Å². The zero-order valence-electron chi connectivity index (χ0n) is 15.2. The van der Waals surface area contributed by atoms with Crippen LogP contribution in [0.2, 0.25) is 0 Å². The molecular weight excluding hydrogens is 282 g/mol. The molecule has 0 aliphatic carbocycles. The summed E-state index contributed by atoms with van der Waals surface area (Å²) in [7, 11) is 0. The van der Waals surface area contributed by atoms with E-state index in [0.717, 1.165) is 18.5 Å². The zero-order valence-corrected chi connectivity index (χ0v) is 15.2. The molecule has 23 heavy (non-hydrogen) atoms. The number of amides is 1. The second-order valence-corrected chi connectivity index (χ2v) is 6.57. The van der Waals surface area contributed by atoms with Crippen LogP contribution in [0.1, 0.15) is 90.0 Å². The van der Waals surface area contributed by atoms with Gasteiger partial charge in [-0.25, -0.2) is 0 Å². The number of nitrogens with one attached hydrogen (secondary N) is 1. The van der Waals surface area contributed by atoms with Gasteiger partial charge in [0.25, 0.3) is 0 Å². The molecule has 0 spiro atoms. The Labute approximate surface area is 143 Å². The van der Waals surface area contributed by atoms with Gasteiger partial charge in [-0.15, -0.1) is 0 Å². The van der Waals surface area contributed by atoms with Gasteiger partial charge in [-0.1, -0.05) is 77.3 Å². The average molecular weight is 318 g/mol. The number of carbonyl (C=O) groups excluding carboxylic acids is 1. The molecule has 0 radical (unpaired) electrons. The molecular formula is C21H35NO. The molecule has 0 fully saturated rings. The van der Waals surface area contributed by atoms with Crippen molar-refractivity contribution < 1.29 is 4.79 Å². The SMILES string of the molecule is CCCCCCCCCCC(=O)Nc1ccc(CCCC)cc1. The minimum Gasteiger partial charge on any atom is -0.326 e. The van der Waals surface area contributed by atoms with Crippen molar-refractivity contribution in [3.63, 3.8) is 0 Å². The van der Waals surface area contributed by atoms with Crippen molar-refractivity contribution in [2.75, 3.05) is 5.32 Å². The van der Waals surface area contributed by atoms with Crippen LogP contribution < -0.4 is 5.32 Å². The van der Waals surface area contributed by atoms with E-state index in [2.05, 4.69) is 31.3 Å². The maximum Gasteiger partial charge on any atom is 0.224 e. The quantitative estimate of drug-likeness (QED) is 0.413. The summed E-state index contributed by atoms with van der Waals surface area (Å²) in [5.41, 5.74) is 2.28. The molecule has 2 heteroatoms. The average Bonchev–Trinajstić information content (AvgIpc) is 2.56. The number of benzene rings is 1. The van der Waals surface area contributed by atoms with E-state index >= 15 is 0 Å². The van der Waals surface area contributed by atoms with Gasteiger partial charge < -0.3 is 5.32 Å². The van der Waals surface area contributed by atoms with Gasteiger partial charge in [0.05, 0.1) is 0 Å². The molecule has 0 atom stereocenters. The molecule has 0 aliphatic rings. The normalized spacial score (nSPS) is 10.7. The first-order valence-corrected chi connectivity index (χ1v) is 9.65. The predicted molar refractivity (Wildman–Crippen MR) is 101 cm³/mol. The number of anilines is 1. The smallest absolute Gasteiger partial charge is 0.224 e. The van der Waals surface area contributed by atoms with Crippen molar-refractivity contribution in [2.45, 2.75) is 90.9 Å². The first-order valence-electron chi connectivity index (χ1n) is 9.65. The number of unbranched alkanes of at least 4 members (excludes halogenated alkanes) is 8.